The van der Waals surface area contributed by atoms with Gasteiger partial charge in [-0.25, -0.2) is 8.42 Å². The molecule has 0 atom stereocenters. The summed E-state index contributed by atoms with van der Waals surface area (Å²) < 4.78 is 60.5. The van der Waals surface area contributed by atoms with Crippen LogP contribution in [0.5, 0.6) is 0 Å². The largest absolute Gasteiger partial charge is 0.511 e. The van der Waals surface area contributed by atoms with E-state index in [2.05, 4.69) is 10.3 Å². The van der Waals surface area contributed by atoms with Crippen molar-refractivity contribution in [3.63, 3.8) is 0 Å². The van der Waals surface area contributed by atoms with E-state index < -0.39 is 15.5 Å². The quantitative estimate of drug-likeness (QED) is 0.894. The van der Waals surface area contributed by atoms with Crippen LogP contribution >= 0.6 is 0 Å². The SMILES string of the molecule is Cc1ncccc1C(=O)NC1CCN(S(=O)(=O)C(F)(F)F)CC1. The van der Waals surface area contributed by atoms with E-state index in [0.29, 0.717) is 15.6 Å². The third-order valence-electron chi connectivity index (χ3n) is 3.67. The average molecular weight is 351 g/mol. The Kier molecular flexibility index (Phi) is 4.95. The van der Waals surface area contributed by atoms with Crippen LogP contribution in [-0.4, -0.2) is 48.3 Å². The number of piperidine rings is 1. The van der Waals surface area contributed by atoms with Gasteiger partial charge in [-0.2, -0.15) is 17.5 Å². The van der Waals surface area contributed by atoms with E-state index in [4.69, 9.17) is 0 Å². The topological polar surface area (TPSA) is 79.4 Å². The van der Waals surface area contributed by atoms with Gasteiger partial charge >= 0.3 is 15.5 Å². The smallest absolute Gasteiger partial charge is 0.349 e. The Morgan fingerprint density at radius 3 is 2.48 bits per heavy atom. The highest BCUT2D eigenvalue weighted by Gasteiger charge is 2.50. The van der Waals surface area contributed by atoms with Gasteiger partial charge in [-0.05, 0) is 31.9 Å². The highest BCUT2D eigenvalue weighted by molar-refractivity contribution is 7.90. The summed E-state index contributed by atoms with van der Waals surface area (Å²) in [4.78, 5) is 16.1. The number of sulfonamides is 1. The standard InChI is InChI=1S/C13H16F3N3O3S/c1-9-11(3-2-6-17-9)12(20)18-10-4-7-19(8-5-10)23(21,22)13(14,15)16/h2-3,6,10H,4-5,7-8H2,1H3,(H,18,20). The summed E-state index contributed by atoms with van der Waals surface area (Å²) in [6, 6.07) is 2.84. The van der Waals surface area contributed by atoms with Crippen LogP contribution in [0.3, 0.4) is 0 Å². The second-order valence-electron chi connectivity index (χ2n) is 5.23. The van der Waals surface area contributed by atoms with E-state index >= 15 is 0 Å². The van der Waals surface area contributed by atoms with Crippen molar-refractivity contribution in [2.24, 2.45) is 0 Å². The lowest BCUT2D eigenvalue weighted by Gasteiger charge is -2.31. The molecule has 2 rings (SSSR count). The normalized spacial score (nSPS) is 17.9. The van der Waals surface area contributed by atoms with Crippen LogP contribution in [0.25, 0.3) is 0 Å². The summed E-state index contributed by atoms with van der Waals surface area (Å²) in [5.41, 5.74) is -4.37. The molecule has 23 heavy (non-hydrogen) atoms. The molecular weight excluding hydrogens is 335 g/mol. The van der Waals surface area contributed by atoms with Crippen LogP contribution in [0.1, 0.15) is 28.9 Å². The van der Waals surface area contributed by atoms with Crippen molar-refractivity contribution < 1.29 is 26.4 Å². The molecule has 1 aromatic rings. The Bertz CT molecular complexity index is 683. The van der Waals surface area contributed by atoms with Gasteiger partial charge in [-0.3, -0.25) is 9.78 Å². The number of hydrogen-bond donors (Lipinski definition) is 1. The number of hydrogen-bond acceptors (Lipinski definition) is 4. The van der Waals surface area contributed by atoms with E-state index in [-0.39, 0.29) is 37.9 Å². The minimum absolute atomic E-state index is 0.125. The summed E-state index contributed by atoms with van der Waals surface area (Å²) >= 11 is 0. The third kappa shape index (κ3) is 3.81. The van der Waals surface area contributed by atoms with E-state index in [9.17, 15) is 26.4 Å². The van der Waals surface area contributed by atoms with E-state index in [1.807, 2.05) is 0 Å². The lowest BCUT2D eigenvalue weighted by Crippen LogP contribution is -2.49. The predicted octanol–water partition coefficient (Wildman–Crippen LogP) is 1.43. The number of aromatic nitrogens is 1. The number of amides is 1. The van der Waals surface area contributed by atoms with Crippen molar-refractivity contribution in [3.8, 4) is 0 Å². The molecule has 1 aliphatic heterocycles. The molecule has 1 amide bonds. The molecule has 0 spiro atoms. The van der Waals surface area contributed by atoms with Crippen LogP contribution < -0.4 is 5.32 Å². The van der Waals surface area contributed by atoms with Gasteiger partial charge in [0.2, 0.25) is 0 Å². The summed E-state index contributed by atoms with van der Waals surface area (Å²) in [6.45, 7) is 1.12. The number of alkyl halides is 3. The zero-order valence-electron chi connectivity index (χ0n) is 12.3. The van der Waals surface area contributed by atoms with Crippen molar-refractivity contribution in [2.45, 2.75) is 31.3 Å². The third-order valence-corrected chi connectivity index (χ3v) is 5.30. The minimum Gasteiger partial charge on any atom is -0.349 e. The number of rotatable bonds is 3. The fraction of sp³-hybridized carbons (Fsp3) is 0.538. The Hall–Kier alpha value is -1.68. The molecule has 0 bridgehead atoms. The van der Waals surface area contributed by atoms with Gasteiger partial charge in [-0.1, -0.05) is 0 Å². The molecule has 0 unspecified atom stereocenters. The van der Waals surface area contributed by atoms with E-state index in [0.717, 1.165) is 0 Å². The first kappa shape index (κ1) is 17.7. The number of halogens is 3. The van der Waals surface area contributed by atoms with Crippen LogP contribution in [0.15, 0.2) is 18.3 Å². The van der Waals surface area contributed by atoms with E-state index in [1.165, 1.54) is 0 Å². The van der Waals surface area contributed by atoms with Gasteiger partial charge in [0.25, 0.3) is 5.91 Å². The second-order valence-corrected chi connectivity index (χ2v) is 7.16. The number of carbonyl (C=O) groups is 1. The molecule has 0 radical (unpaired) electrons. The average Bonchev–Trinajstić information content (AvgIpc) is 2.47. The Labute approximate surface area is 131 Å². The molecule has 1 fully saturated rings. The first-order chi connectivity index (χ1) is 10.6. The monoisotopic (exact) mass is 351 g/mol. The van der Waals surface area contributed by atoms with Gasteiger partial charge < -0.3 is 5.32 Å². The highest BCUT2D eigenvalue weighted by atomic mass is 32.2. The van der Waals surface area contributed by atoms with Gasteiger partial charge in [0.1, 0.15) is 0 Å². The number of nitrogens with one attached hydrogen (secondary N) is 1. The zero-order chi connectivity index (χ0) is 17.3. The van der Waals surface area contributed by atoms with Gasteiger partial charge in [0.05, 0.1) is 5.56 Å². The number of nitrogens with zero attached hydrogens (tertiary/aromatic N) is 2. The van der Waals surface area contributed by atoms with Crippen LogP contribution in [0.2, 0.25) is 0 Å². The number of carbonyl (C=O) groups excluding carboxylic acids is 1. The molecule has 10 heteroatoms. The zero-order valence-corrected chi connectivity index (χ0v) is 13.1. The second kappa shape index (κ2) is 6.44. The minimum atomic E-state index is -5.30. The fourth-order valence-corrected chi connectivity index (χ4v) is 3.36. The van der Waals surface area contributed by atoms with Gasteiger partial charge in [0, 0.05) is 31.0 Å². The molecule has 2 heterocycles. The highest BCUT2D eigenvalue weighted by Crippen LogP contribution is 2.29. The van der Waals surface area contributed by atoms with Crippen molar-refractivity contribution >= 4 is 15.9 Å². The number of aryl methyl sites for hydroxylation is 1. The number of pyridine rings is 1. The maximum absolute atomic E-state index is 12.5. The Morgan fingerprint density at radius 1 is 1.35 bits per heavy atom. The summed E-state index contributed by atoms with van der Waals surface area (Å²) in [5.74, 6) is -0.368. The molecule has 1 saturated heterocycles. The summed E-state index contributed by atoms with van der Waals surface area (Å²) in [5, 5.41) is 2.71. The molecule has 6 nitrogen and oxygen atoms in total. The fourth-order valence-electron chi connectivity index (χ4n) is 2.37. The lowest BCUT2D eigenvalue weighted by atomic mass is 10.1. The predicted molar refractivity (Wildman–Crippen MR) is 76.0 cm³/mol. The first-order valence-electron chi connectivity index (χ1n) is 6.92. The van der Waals surface area contributed by atoms with Crippen molar-refractivity contribution in [1.82, 2.24) is 14.6 Å². The van der Waals surface area contributed by atoms with Crippen LogP contribution in [0, 0.1) is 6.92 Å². The van der Waals surface area contributed by atoms with Crippen LogP contribution in [0.4, 0.5) is 13.2 Å². The molecule has 1 aromatic heterocycles. The lowest BCUT2D eigenvalue weighted by molar-refractivity contribution is -0.0495. The maximum atomic E-state index is 12.5. The summed E-state index contributed by atoms with van der Waals surface area (Å²) in [7, 11) is -5.30. The first-order valence-corrected chi connectivity index (χ1v) is 8.36. The van der Waals surface area contributed by atoms with Crippen molar-refractivity contribution in [3.05, 3.63) is 29.6 Å². The molecule has 128 valence electrons. The van der Waals surface area contributed by atoms with Crippen LogP contribution in [-0.2, 0) is 10.0 Å². The molecule has 0 aliphatic carbocycles. The molecule has 0 aromatic carbocycles. The van der Waals surface area contributed by atoms with Crippen molar-refractivity contribution in [1.29, 1.82) is 0 Å². The van der Waals surface area contributed by atoms with Crippen molar-refractivity contribution in [2.75, 3.05) is 13.1 Å². The van der Waals surface area contributed by atoms with Gasteiger partial charge in [0.15, 0.2) is 0 Å². The molecule has 1 N–H and O–H groups in total. The molecule has 1 aliphatic rings. The maximum Gasteiger partial charge on any atom is 0.511 e. The summed E-state index contributed by atoms with van der Waals surface area (Å²) in [6.07, 6.45) is 1.80. The Morgan fingerprint density at radius 2 is 1.96 bits per heavy atom. The van der Waals surface area contributed by atoms with E-state index in [1.54, 1.807) is 25.3 Å². The van der Waals surface area contributed by atoms with Gasteiger partial charge in [-0.15, -0.1) is 0 Å². The Balaban J connectivity index is 1.96. The molecule has 0 saturated carbocycles. The molecular formula is C13H16F3N3O3S.